The van der Waals surface area contributed by atoms with Crippen molar-refractivity contribution in [2.45, 2.75) is 13.0 Å². The number of esters is 1. The number of methoxy groups -OCH3 is 1. The molecule has 1 aromatic rings. The Morgan fingerprint density at radius 1 is 1.64 bits per heavy atom. The zero-order valence-corrected chi connectivity index (χ0v) is 8.11. The maximum Gasteiger partial charge on any atom is 0.336 e. The Bertz CT molecular complexity index is 351. The Balaban J connectivity index is 2.80. The molecular weight excluding hydrogens is 184 g/mol. The largest absolute Gasteiger partial charge is 0.466 e. The Morgan fingerprint density at radius 3 is 2.71 bits per heavy atom. The van der Waals surface area contributed by atoms with E-state index in [4.69, 9.17) is 4.42 Å². The molecule has 1 atom stereocenters. The van der Waals surface area contributed by atoms with E-state index in [9.17, 15) is 9.90 Å². The molecule has 0 amide bonds. The van der Waals surface area contributed by atoms with Crippen LogP contribution in [0.1, 0.15) is 17.6 Å². The number of carbonyl (C=O) groups excluding carboxylic acids is 1. The number of ether oxygens (including phenoxy) is 1. The van der Waals surface area contributed by atoms with Crippen LogP contribution in [0.3, 0.4) is 0 Å². The monoisotopic (exact) mass is 196 g/mol. The van der Waals surface area contributed by atoms with Crippen molar-refractivity contribution in [3.8, 4) is 0 Å². The van der Waals surface area contributed by atoms with Crippen LogP contribution in [0.4, 0.5) is 0 Å². The van der Waals surface area contributed by atoms with E-state index in [0.29, 0.717) is 5.76 Å². The van der Waals surface area contributed by atoms with Gasteiger partial charge in [-0.15, -0.1) is 0 Å². The lowest BCUT2D eigenvalue weighted by molar-refractivity contribution is -0.137. The molecule has 0 aliphatic rings. The number of rotatable bonds is 3. The van der Waals surface area contributed by atoms with Gasteiger partial charge in [-0.1, -0.05) is 6.58 Å². The summed E-state index contributed by atoms with van der Waals surface area (Å²) in [7, 11) is 1.23. The van der Waals surface area contributed by atoms with E-state index in [1.165, 1.54) is 7.11 Å². The van der Waals surface area contributed by atoms with Crippen molar-refractivity contribution in [3.63, 3.8) is 0 Å². The summed E-state index contributed by atoms with van der Waals surface area (Å²) >= 11 is 0. The Hall–Kier alpha value is -1.55. The van der Waals surface area contributed by atoms with Gasteiger partial charge < -0.3 is 14.3 Å². The van der Waals surface area contributed by atoms with Gasteiger partial charge in [0, 0.05) is 0 Å². The topological polar surface area (TPSA) is 59.7 Å². The Labute approximate surface area is 81.8 Å². The van der Waals surface area contributed by atoms with E-state index >= 15 is 0 Å². The zero-order valence-electron chi connectivity index (χ0n) is 8.11. The normalized spacial score (nSPS) is 12.2. The van der Waals surface area contributed by atoms with Gasteiger partial charge in [0.15, 0.2) is 0 Å². The summed E-state index contributed by atoms with van der Waals surface area (Å²) in [4.78, 5) is 11.0. The van der Waals surface area contributed by atoms with Crippen molar-refractivity contribution in [1.29, 1.82) is 0 Å². The van der Waals surface area contributed by atoms with Gasteiger partial charge in [0.2, 0.25) is 0 Å². The fourth-order valence-electron chi connectivity index (χ4n) is 1.01. The third kappa shape index (κ3) is 2.03. The molecule has 0 radical (unpaired) electrons. The second-order valence-electron chi connectivity index (χ2n) is 2.87. The van der Waals surface area contributed by atoms with Crippen LogP contribution in [-0.2, 0) is 9.53 Å². The summed E-state index contributed by atoms with van der Waals surface area (Å²) in [5.74, 6) is 0.307. The predicted molar refractivity (Wildman–Crippen MR) is 49.6 cm³/mol. The van der Waals surface area contributed by atoms with Gasteiger partial charge in [-0.25, -0.2) is 4.79 Å². The molecule has 0 bridgehead atoms. The third-order valence-corrected chi connectivity index (χ3v) is 1.81. The zero-order chi connectivity index (χ0) is 10.7. The minimum Gasteiger partial charge on any atom is -0.466 e. The lowest BCUT2D eigenvalue weighted by Crippen LogP contribution is -2.11. The maximum atomic E-state index is 11.0. The molecule has 4 nitrogen and oxygen atoms in total. The first-order valence-corrected chi connectivity index (χ1v) is 4.07. The van der Waals surface area contributed by atoms with Crippen LogP contribution in [0, 0.1) is 6.92 Å². The predicted octanol–water partition coefficient (Wildman–Crippen LogP) is 1.35. The molecule has 14 heavy (non-hydrogen) atoms. The lowest BCUT2D eigenvalue weighted by atomic mass is 10.1. The summed E-state index contributed by atoms with van der Waals surface area (Å²) in [6.45, 7) is 5.17. The van der Waals surface area contributed by atoms with Crippen molar-refractivity contribution in [2.75, 3.05) is 7.11 Å². The number of furan rings is 1. The SMILES string of the molecule is C=C(C(=O)OC)C(O)c1ccc(C)o1. The number of aryl methyl sites for hydroxylation is 1. The molecule has 0 aromatic carbocycles. The first kappa shape index (κ1) is 10.5. The van der Waals surface area contributed by atoms with Gasteiger partial charge in [0.05, 0.1) is 12.7 Å². The second-order valence-corrected chi connectivity index (χ2v) is 2.87. The van der Waals surface area contributed by atoms with Crippen LogP contribution >= 0.6 is 0 Å². The number of aliphatic hydroxyl groups is 1. The van der Waals surface area contributed by atoms with Crippen LogP contribution in [0.25, 0.3) is 0 Å². The summed E-state index contributed by atoms with van der Waals surface area (Å²) in [6.07, 6.45) is -1.14. The van der Waals surface area contributed by atoms with E-state index < -0.39 is 12.1 Å². The quantitative estimate of drug-likeness (QED) is 0.585. The molecular formula is C10H12O4. The van der Waals surface area contributed by atoms with E-state index in [-0.39, 0.29) is 11.3 Å². The van der Waals surface area contributed by atoms with E-state index in [1.54, 1.807) is 19.1 Å². The van der Waals surface area contributed by atoms with Gasteiger partial charge in [0.1, 0.15) is 17.6 Å². The van der Waals surface area contributed by atoms with Crippen LogP contribution in [0.2, 0.25) is 0 Å². The molecule has 1 unspecified atom stereocenters. The van der Waals surface area contributed by atoms with Crippen LogP contribution in [-0.4, -0.2) is 18.2 Å². The molecule has 0 spiro atoms. The average Bonchev–Trinajstić information content (AvgIpc) is 2.61. The first-order valence-electron chi connectivity index (χ1n) is 4.07. The highest BCUT2D eigenvalue weighted by molar-refractivity contribution is 5.88. The highest BCUT2D eigenvalue weighted by Crippen LogP contribution is 2.22. The third-order valence-electron chi connectivity index (χ3n) is 1.81. The minimum absolute atomic E-state index is 0.0400. The van der Waals surface area contributed by atoms with Gasteiger partial charge in [-0.05, 0) is 19.1 Å². The molecule has 0 fully saturated rings. The summed E-state index contributed by atoms with van der Waals surface area (Å²) in [5, 5.41) is 9.61. The molecule has 0 aliphatic carbocycles. The molecule has 0 saturated heterocycles. The number of hydrogen-bond donors (Lipinski definition) is 1. The standard InChI is InChI=1S/C10H12O4/c1-6-4-5-8(14-6)9(11)7(2)10(12)13-3/h4-5,9,11H,2H2,1,3H3. The molecule has 1 rings (SSSR count). The molecule has 1 aromatic heterocycles. The van der Waals surface area contributed by atoms with Crippen molar-refractivity contribution >= 4 is 5.97 Å². The molecule has 1 N–H and O–H groups in total. The summed E-state index contributed by atoms with van der Waals surface area (Å²) in [6, 6.07) is 3.29. The van der Waals surface area contributed by atoms with E-state index in [2.05, 4.69) is 11.3 Å². The number of carbonyl (C=O) groups is 1. The molecule has 0 aliphatic heterocycles. The fourth-order valence-corrected chi connectivity index (χ4v) is 1.01. The van der Waals surface area contributed by atoms with E-state index in [0.717, 1.165) is 0 Å². The molecule has 0 saturated carbocycles. The van der Waals surface area contributed by atoms with Gasteiger partial charge >= 0.3 is 5.97 Å². The number of aliphatic hydroxyl groups excluding tert-OH is 1. The van der Waals surface area contributed by atoms with Crippen molar-refractivity contribution in [3.05, 3.63) is 35.8 Å². The van der Waals surface area contributed by atoms with Crippen molar-refractivity contribution in [2.24, 2.45) is 0 Å². The van der Waals surface area contributed by atoms with Crippen LogP contribution < -0.4 is 0 Å². The smallest absolute Gasteiger partial charge is 0.336 e. The fraction of sp³-hybridized carbons (Fsp3) is 0.300. The second kappa shape index (κ2) is 4.11. The molecule has 1 heterocycles. The van der Waals surface area contributed by atoms with Crippen molar-refractivity contribution < 1.29 is 19.1 Å². The van der Waals surface area contributed by atoms with Crippen LogP contribution in [0.15, 0.2) is 28.7 Å². The highest BCUT2D eigenvalue weighted by Gasteiger charge is 2.21. The van der Waals surface area contributed by atoms with Gasteiger partial charge in [-0.3, -0.25) is 0 Å². The Kier molecular flexibility index (Phi) is 3.09. The Morgan fingerprint density at radius 2 is 2.29 bits per heavy atom. The first-order chi connectivity index (χ1) is 6.56. The summed E-state index contributed by atoms with van der Waals surface area (Å²) in [5.41, 5.74) is -0.0400. The molecule has 4 heteroatoms. The minimum atomic E-state index is -1.14. The lowest BCUT2D eigenvalue weighted by Gasteiger charge is -2.08. The number of hydrogen-bond acceptors (Lipinski definition) is 4. The van der Waals surface area contributed by atoms with Crippen LogP contribution in [0.5, 0.6) is 0 Å². The van der Waals surface area contributed by atoms with Gasteiger partial charge in [-0.2, -0.15) is 0 Å². The summed E-state index contributed by atoms with van der Waals surface area (Å²) < 4.78 is 9.56. The highest BCUT2D eigenvalue weighted by atomic mass is 16.5. The van der Waals surface area contributed by atoms with E-state index in [1.807, 2.05) is 0 Å². The molecule has 76 valence electrons. The van der Waals surface area contributed by atoms with Gasteiger partial charge in [0.25, 0.3) is 0 Å². The van der Waals surface area contributed by atoms with Crippen molar-refractivity contribution in [1.82, 2.24) is 0 Å². The average molecular weight is 196 g/mol. The maximum absolute atomic E-state index is 11.0.